The molecule has 0 amide bonds. The Balaban J connectivity index is 0.00000441. The first-order chi connectivity index (χ1) is 9.73. The van der Waals surface area contributed by atoms with E-state index in [1.54, 1.807) is 12.1 Å². The van der Waals surface area contributed by atoms with Crippen LogP contribution in [0.15, 0.2) is 29.2 Å². The maximum Gasteiger partial charge on any atom is 0.304 e. The van der Waals surface area contributed by atoms with E-state index >= 15 is 0 Å². The Morgan fingerprint density at radius 1 is 1.00 bits per heavy atom. The van der Waals surface area contributed by atoms with Crippen LogP contribution in [0.3, 0.4) is 0 Å². The maximum atomic E-state index is 12.4. The standard InChI is InChI=1S/C13H17NO6S.ClH/c1-10-2-4-11(5-3-10)21(19,20)14(8-6-12(15)16)9-7-13(17)18;/h2-5H,6-9H2,1H3,(H,15,16)(H,17,18);1H/p-1. The summed E-state index contributed by atoms with van der Waals surface area (Å²) in [6, 6.07) is 6.08. The topological polar surface area (TPSA) is 112 Å². The summed E-state index contributed by atoms with van der Waals surface area (Å²) in [7, 11) is -3.90. The summed E-state index contributed by atoms with van der Waals surface area (Å²) in [5.74, 6) is -2.29. The number of carbonyl (C=O) groups is 2. The minimum absolute atomic E-state index is 0. The Kier molecular flexibility index (Phi) is 8.07. The summed E-state index contributed by atoms with van der Waals surface area (Å²) in [6.45, 7) is 1.28. The van der Waals surface area contributed by atoms with Crippen molar-refractivity contribution in [2.24, 2.45) is 0 Å². The molecule has 0 aliphatic carbocycles. The van der Waals surface area contributed by atoms with Crippen LogP contribution < -0.4 is 12.4 Å². The number of carboxylic acid groups (broad SMARTS) is 2. The lowest BCUT2D eigenvalue weighted by Gasteiger charge is -2.20. The van der Waals surface area contributed by atoms with Crippen LogP contribution in [-0.2, 0) is 19.6 Å². The van der Waals surface area contributed by atoms with Crippen molar-refractivity contribution in [2.45, 2.75) is 24.7 Å². The SMILES string of the molecule is Cc1ccc(S(=O)(=O)N(CCC(=O)O)CCC(=O)O)cc1.[Cl-]. The van der Waals surface area contributed by atoms with Crippen molar-refractivity contribution in [3.8, 4) is 0 Å². The van der Waals surface area contributed by atoms with Crippen molar-refractivity contribution in [2.75, 3.05) is 13.1 Å². The van der Waals surface area contributed by atoms with E-state index in [1.807, 2.05) is 6.92 Å². The predicted octanol–water partition coefficient (Wildman–Crippen LogP) is -2.06. The average molecular weight is 351 g/mol. The van der Waals surface area contributed by atoms with Gasteiger partial charge in [0.15, 0.2) is 0 Å². The molecule has 1 aromatic carbocycles. The van der Waals surface area contributed by atoms with Gasteiger partial charge in [-0.15, -0.1) is 0 Å². The van der Waals surface area contributed by atoms with E-state index in [1.165, 1.54) is 12.1 Å². The van der Waals surface area contributed by atoms with Crippen molar-refractivity contribution in [1.82, 2.24) is 4.31 Å². The lowest BCUT2D eigenvalue weighted by molar-refractivity contribution is -0.137. The first-order valence-electron chi connectivity index (χ1n) is 6.24. The van der Waals surface area contributed by atoms with Gasteiger partial charge in [0.05, 0.1) is 17.7 Å². The van der Waals surface area contributed by atoms with Crippen molar-refractivity contribution >= 4 is 22.0 Å². The highest BCUT2D eigenvalue weighted by atomic mass is 35.5. The van der Waals surface area contributed by atoms with Crippen LogP contribution in [0, 0.1) is 6.92 Å². The Labute approximate surface area is 135 Å². The molecule has 9 heteroatoms. The van der Waals surface area contributed by atoms with Crippen LogP contribution in [-0.4, -0.2) is 48.0 Å². The van der Waals surface area contributed by atoms with Crippen LogP contribution in [0.4, 0.5) is 0 Å². The molecule has 0 radical (unpaired) electrons. The molecular formula is C13H17ClNO6S-. The lowest BCUT2D eigenvalue weighted by atomic mass is 10.2. The fraction of sp³-hybridized carbons (Fsp3) is 0.385. The highest BCUT2D eigenvalue weighted by molar-refractivity contribution is 7.89. The van der Waals surface area contributed by atoms with Gasteiger partial charge in [0.25, 0.3) is 0 Å². The van der Waals surface area contributed by atoms with Gasteiger partial charge in [-0.1, -0.05) is 17.7 Å². The van der Waals surface area contributed by atoms with E-state index in [0.717, 1.165) is 9.87 Å². The monoisotopic (exact) mass is 350 g/mol. The number of sulfonamides is 1. The van der Waals surface area contributed by atoms with E-state index in [9.17, 15) is 18.0 Å². The fourth-order valence-corrected chi connectivity index (χ4v) is 3.09. The van der Waals surface area contributed by atoms with E-state index in [4.69, 9.17) is 10.2 Å². The molecule has 0 aliphatic rings. The van der Waals surface area contributed by atoms with E-state index in [0.29, 0.717) is 0 Å². The first kappa shape index (κ1) is 20.4. The molecule has 1 aromatic rings. The molecule has 0 saturated carbocycles. The zero-order chi connectivity index (χ0) is 16.0. The summed E-state index contributed by atoms with van der Waals surface area (Å²) in [5, 5.41) is 17.3. The van der Waals surface area contributed by atoms with E-state index in [2.05, 4.69) is 0 Å². The third-order valence-electron chi connectivity index (χ3n) is 2.81. The van der Waals surface area contributed by atoms with Gasteiger partial charge in [-0.05, 0) is 19.1 Å². The first-order valence-corrected chi connectivity index (χ1v) is 7.68. The van der Waals surface area contributed by atoms with Gasteiger partial charge in [-0.2, -0.15) is 4.31 Å². The third kappa shape index (κ3) is 6.00. The molecule has 0 spiro atoms. The number of hydrogen-bond donors (Lipinski definition) is 2. The zero-order valence-corrected chi connectivity index (χ0v) is 13.5. The zero-order valence-electron chi connectivity index (χ0n) is 11.9. The number of nitrogens with zero attached hydrogens (tertiary/aromatic N) is 1. The molecule has 0 fully saturated rings. The van der Waals surface area contributed by atoms with E-state index in [-0.39, 0.29) is 43.2 Å². The molecule has 124 valence electrons. The highest BCUT2D eigenvalue weighted by Crippen LogP contribution is 2.17. The minimum Gasteiger partial charge on any atom is -1.00 e. The Morgan fingerprint density at radius 3 is 1.77 bits per heavy atom. The smallest absolute Gasteiger partial charge is 0.304 e. The van der Waals surface area contributed by atoms with Crippen molar-refractivity contribution in [1.29, 1.82) is 0 Å². The van der Waals surface area contributed by atoms with Crippen LogP contribution >= 0.6 is 0 Å². The molecule has 0 aliphatic heterocycles. The lowest BCUT2D eigenvalue weighted by Crippen LogP contribution is -3.00. The fourth-order valence-electron chi connectivity index (χ4n) is 1.65. The molecule has 1 rings (SSSR count). The molecule has 22 heavy (non-hydrogen) atoms. The van der Waals surface area contributed by atoms with Gasteiger partial charge in [0, 0.05) is 13.1 Å². The number of rotatable bonds is 8. The van der Waals surface area contributed by atoms with Gasteiger partial charge in [0.1, 0.15) is 0 Å². The molecule has 0 heterocycles. The highest BCUT2D eigenvalue weighted by Gasteiger charge is 2.25. The number of aryl methyl sites for hydroxylation is 1. The number of benzene rings is 1. The second-order valence-electron chi connectivity index (χ2n) is 4.50. The van der Waals surface area contributed by atoms with Crippen molar-refractivity contribution in [3.63, 3.8) is 0 Å². The number of hydrogen-bond acceptors (Lipinski definition) is 4. The molecule has 2 N–H and O–H groups in total. The largest absolute Gasteiger partial charge is 1.00 e. The van der Waals surface area contributed by atoms with Crippen LogP contribution in [0.25, 0.3) is 0 Å². The normalized spacial score (nSPS) is 11.0. The van der Waals surface area contributed by atoms with Gasteiger partial charge in [0.2, 0.25) is 10.0 Å². The average Bonchev–Trinajstić information content (AvgIpc) is 2.38. The van der Waals surface area contributed by atoms with Crippen LogP contribution in [0.1, 0.15) is 18.4 Å². The summed E-state index contributed by atoms with van der Waals surface area (Å²) in [6.07, 6.45) is -0.768. The second kappa shape index (κ2) is 8.72. The van der Waals surface area contributed by atoms with Gasteiger partial charge < -0.3 is 22.6 Å². The Hall–Kier alpha value is -1.64. The molecule has 0 unspecified atom stereocenters. The van der Waals surface area contributed by atoms with Crippen LogP contribution in [0.5, 0.6) is 0 Å². The summed E-state index contributed by atoms with van der Waals surface area (Å²) in [5.41, 5.74) is 0.886. The number of halogens is 1. The summed E-state index contributed by atoms with van der Waals surface area (Å²) >= 11 is 0. The second-order valence-corrected chi connectivity index (χ2v) is 6.44. The summed E-state index contributed by atoms with van der Waals surface area (Å²) in [4.78, 5) is 21.2. The molecular weight excluding hydrogens is 334 g/mol. The molecule has 0 atom stereocenters. The van der Waals surface area contributed by atoms with Gasteiger partial charge in [-0.3, -0.25) is 9.59 Å². The van der Waals surface area contributed by atoms with Crippen molar-refractivity contribution in [3.05, 3.63) is 29.8 Å². The molecule has 0 aromatic heterocycles. The van der Waals surface area contributed by atoms with E-state index < -0.39 is 22.0 Å². The minimum atomic E-state index is -3.90. The Bertz CT molecular complexity index is 596. The molecule has 0 saturated heterocycles. The number of carboxylic acids is 2. The summed E-state index contributed by atoms with van der Waals surface area (Å²) < 4.78 is 25.7. The van der Waals surface area contributed by atoms with Crippen molar-refractivity contribution < 1.29 is 40.6 Å². The molecule has 7 nitrogen and oxygen atoms in total. The maximum absolute atomic E-state index is 12.4. The van der Waals surface area contributed by atoms with Gasteiger partial charge in [-0.25, -0.2) is 8.42 Å². The Morgan fingerprint density at radius 2 is 1.41 bits per heavy atom. The molecule has 0 bridgehead atoms. The van der Waals surface area contributed by atoms with Gasteiger partial charge >= 0.3 is 11.9 Å². The number of aliphatic carboxylic acids is 2. The third-order valence-corrected chi connectivity index (χ3v) is 4.72. The quantitative estimate of drug-likeness (QED) is 0.557. The predicted molar refractivity (Wildman–Crippen MR) is 74.4 cm³/mol. The van der Waals surface area contributed by atoms with Crippen LogP contribution in [0.2, 0.25) is 0 Å².